The van der Waals surface area contributed by atoms with Crippen molar-refractivity contribution in [1.29, 1.82) is 0 Å². The number of ether oxygens (including phenoxy) is 6. The van der Waals surface area contributed by atoms with Gasteiger partial charge in [-0.05, 0) is 93.1 Å². The van der Waals surface area contributed by atoms with Crippen LogP contribution in [0.25, 0.3) is 0 Å². The molecule has 3 rings (SSSR count). The molecule has 18 nitrogen and oxygen atoms in total. The van der Waals surface area contributed by atoms with E-state index in [0.717, 1.165) is 46.8 Å². The van der Waals surface area contributed by atoms with Gasteiger partial charge < -0.3 is 62.3 Å². The largest absolute Gasteiger partial charge is 0.551 e. The van der Waals surface area contributed by atoms with Crippen LogP contribution in [-0.4, -0.2) is 143 Å². The molecule has 0 aromatic heterocycles. The molecule has 3 aromatic rings. The Hall–Kier alpha value is -6.54. The average molecular weight is 1250 g/mol. The lowest BCUT2D eigenvalue weighted by molar-refractivity contribution is -0.150. The molecule has 4 N–H and O–H groups in total. The standard InChI is InChI=1S/C24H38O5Si2.C16H29NO5Si2.C12H16O3.C11H15NO3/c1-18(23(29-31-6)11-9-7-8-10-20(3)28-30-5)16-19(2)24(25)27-17-21-12-14-22(26-4)15-13-21;1-11(21-23-4)9-7-6-8-10-14(22-24-5)12(2)15(18)17-13(3)16(19)20;1-9(2)12(13)15-8-10-4-6-11(14-3)7-5-10;1-8(12)11(13)15-7-9-3-5-10(14-2)6-4-9/h7-9,11-15,18-20,23,30H,5,10,16-17,31H2,1-4,6H3;6-8,10-14,23H,4,9,24H2,1-3,5H3,(H,17,18)(H,19,20);4-7,9H,8H2,1-3H3;3-6,8H,7,12H2,1-2H3/b8-7+,11-9+;7-6+,10-8+;;. The smallest absolute Gasteiger partial charge is 0.325 e. The first-order chi connectivity index (χ1) is 40.5. The number of benzene rings is 3. The summed E-state index contributed by atoms with van der Waals surface area (Å²) < 4.78 is 53.4. The Bertz CT molecular complexity index is 2410. The number of hydrogen-bond acceptors (Lipinski definition) is 16. The van der Waals surface area contributed by atoms with Gasteiger partial charge in [0.15, 0.2) is 19.5 Å². The molecule has 0 aliphatic rings. The van der Waals surface area contributed by atoms with Gasteiger partial charge in [0.1, 0.15) is 49.2 Å². The average Bonchev–Trinajstić information content (AvgIpc) is 3.55. The van der Waals surface area contributed by atoms with Gasteiger partial charge in [-0.15, -0.1) is 0 Å². The van der Waals surface area contributed by atoms with Crippen molar-refractivity contribution in [2.24, 2.45) is 29.4 Å². The van der Waals surface area contributed by atoms with Gasteiger partial charge in [-0.2, -0.15) is 0 Å². The number of carboxylic acid groups (broad SMARTS) is 1. The summed E-state index contributed by atoms with van der Waals surface area (Å²) in [6, 6.07) is 20.8. The molecule has 22 heteroatoms. The van der Waals surface area contributed by atoms with Crippen LogP contribution in [0.4, 0.5) is 0 Å². The number of hydrogen-bond donors (Lipinski definition) is 3. The van der Waals surface area contributed by atoms with Crippen LogP contribution >= 0.6 is 0 Å². The van der Waals surface area contributed by atoms with Crippen LogP contribution in [0, 0.1) is 23.7 Å². The molecule has 3 aromatic carbocycles. The van der Waals surface area contributed by atoms with E-state index in [1.807, 2.05) is 143 Å². The van der Waals surface area contributed by atoms with Crippen LogP contribution in [0.5, 0.6) is 17.2 Å². The molecule has 472 valence electrons. The van der Waals surface area contributed by atoms with Gasteiger partial charge in [-0.3, -0.25) is 24.0 Å². The van der Waals surface area contributed by atoms with Crippen molar-refractivity contribution in [3.8, 4) is 17.2 Å². The van der Waals surface area contributed by atoms with Crippen molar-refractivity contribution in [2.45, 2.75) is 151 Å². The minimum absolute atomic E-state index is 0.0103. The Balaban J connectivity index is 0.00000116. The van der Waals surface area contributed by atoms with E-state index >= 15 is 0 Å². The Labute approximate surface area is 515 Å². The second-order valence-corrected chi connectivity index (χ2v) is 23.0. The summed E-state index contributed by atoms with van der Waals surface area (Å²) >= 11 is 0. The first-order valence-electron chi connectivity index (χ1n) is 28.6. The fourth-order valence-electron chi connectivity index (χ4n) is 7.06. The third-order valence-electron chi connectivity index (χ3n) is 12.2. The third kappa shape index (κ3) is 37.5. The van der Waals surface area contributed by atoms with Crippen molar-refractivity contribution >= 4 is 80.4 Å². The summed E-state index contributed by atoms with van der Waals surface area (Å²) in [6.07, 6.45) is 25.7. The highest BCUT2D eigenvalue weighted by atomic mass is 28.2. The summed E-state index contributed by atoms with van der Waals surface area (Å²) in [5.41, 5.74) is 8.16. The maximum Gasteiger partial charge on any atom is 0.325 e. The fourth-order valence-corrected chi connectivity index (χ4v) is 9.55. The van der Waals surface area contributed by atoms with E-state index in [2.05, 4.69) is 50.2 Å². The van der Waals surface area contributed by atoms with Crippen LogP contribution in [0.3, 0.4) is 0 Å². The van der Waals surface area contributed by atoms with E-state index in [9.17, 15) is 24.0 Å². The SMILES string of the molecule is C=[SiH]OC(C)C/C=C/C=C/C(O[SiH2]C)C(C)C(=O)NC(C)C(=O)O.C=[SiH]OC(C)C/C=C/C=C/C(O[SiH2]C)C(C)CC(C)C(=O)OCc1ccc(OC)cc1.COc1ccc(COC(=O)C(C)C)cc1.COc1ccc(COC(=O)C(C)N)cc1. The molecular formula is C63H98N2O16Si4. The minimum atomic E-state index is -1.06. The zero-order chi connectivity index (χ0) is 64.1. The number of rotatable bonds is 35. The van der Waals surface area contributed by atoms with Crippen molar-refractivity contribution in [3.63, 3.8) is 0 Å². The third-order valence-corrected chi connectivity index (χ3v) is 14.9. The summed E-state index contributed by atoms with van der Waals surface area (Å²) in [6.45, 7) is 21.4. The number of carbonyl (C=O) groups is 5. The topological polar surface area (TPSA) is 236 Å². The second kappa shape index (κ2) is 47.7. The molecule has 85 heavy (non-hydrogen) atoms. The molecule has 0 saturated heterocycles. The lowest BCUT2D eigenvalue weighted by atomic mass is 9.92. The predicted molar refractivity (Wildman–Crippen MR) is 348 cm³/mol. The van der Waals surface area contributed by atoms with Gasteiger partial charge in [0.05, 0.1) is 63.5 Å². The van der Waals surface area contributed by atoms with E-state index in [4.69, 9.17) is 57.0 Å². The van der Waals surface area contributed by atoms with E-state index in [1.165, 1.54) is 6.92 Å². The van der Waals surface area contributed by atoms with Crippen molar-refractivity contribution in [3.05, 3.63) is 138 Å². The van der Waals surface area contributed by atoms with E-state index in [0.29, 0.717) is 13.0 Å². The fraction of sp³-hybridized carbons (Fsp3) is 0.476. The van der Waals surface area contributed by atoms with Crippen molar-refractivity contribution in [1.82, 2.24) is 5.32 Å². The van der Waals surface area contributed by atoms with Gasteiger partial charge in [0.25, 0.3) is 0 Å². The maximum absolute atomic E-state index is 12.4. The normalized spacial score (nSPS) is 14.4. The molecule has 0 fully saturated rings. The van der Waals surface area contributed by atoms with Crippen molar-refractivity contribution < 1.29 is 75.2 Å². The first-order valence-corrected chi connectivity index (χ1v) is 35.2. The summed E-state index contributed by atoms with van der Waals surface area (Å²) in [5, 5.41) is 11.3. The second-order valence-electron chi connectivity index (χ2n) is 19.9. The molecule has 0 aliphatic carbocycles. The van der Waals surface area contributed by atoms with E-state index < -0.39 is 49.5 Å². The Morgan fingerprint density at radius 2 is 0.953 bits per heavy atom. The number of allylic oxidation sites excluding steroid dienone is 4. The summed E-state index contributed by atoms with van der Waals surface area (Å²) in [5.74, 6) is -0.286. The number of nitrogens with one attached hydrogen (secondary N) is 1. The quantitative estimate of drug-likeness (QED) is 0.0224. The Kier molecular flexibility index (Phi) is 44.0. The Morgan fingerprint density at radius 1 is 0.576 bits per heavy atom. The van der Waals surface area contributed by atoms with Gasteiger partial charge in [0.2, 0.25) is 24.7 Å². The lowest BCUT2D eigenvalue weighted by Gasteiger charge is -2.23. The Morgan fingerprint density at radius 3 is 1.31 bits per heavy atom. The highest BCUT2D eigenvalue weighted by Crippen LogP contribution is 2.22. The molecular weight excluding hydrogens is 1150 g/mol. The molecule has 1 amide bonds. The van der Waals surface area contributed by atoms with Gasteiger partial charge in [-0.25, -0.2) is 0 Å². The number of methoxy groups -OCH3 is 3. The molecule has 0 saturated carbocycles. The summed E-state index contributed by atoms with van der Waals surface area (Å²) in [7, 11) is 3.21. The predicted octanol–water partition coefficient (Wildman–Crippen LogP) is 7.51. The van der Waals surface area contributed by atoms with Crippen molar-refractivity contribution in [2.75, 3.05) is 21.3 Å². The number of aliphatic carboxylic acids is 1. The number of carboxylic acids is 1. The molecule has 0 radical (unpaired) electrons. The molecule has 0 heterocycles. The molecule has 9 unspecified atom stereocenters. The highest BCUT2D eigenvalue weighted by Gasteiger charge is 2.25. The number of esters is 3. The zero-order valence-electron chi connectivity index (χ0n) is 52.7. The zero-order valence-corrected chi connectivity index (χ0v) is 57.8. The van der Waals surface area contributed by atoms with Crippen LogP contribution in [0.1, 0.15) is 98.3 Å². The summed E-state index contributed by atoms with van der Waals surface area (Å²) in [4.78, 5) is 57.6. The maximum atomic E-state index is 12.4. The van der Waals surface area contributed by atoms with Crippen LogP contribution in [0.15, 0.2) is 121 Å². The number of amides is 1. The van der Waals surface area contributed by atoms with Crippen LogP contribution in [-0.2, 0) is 75.7 Å². The lowest BCUT2D eigenvalue weighted by Crippen LogP contribution is -2.44. The minimum Gasteiger partial charge on any atom is -0.551 e. The van der Waals surface area contributed by atoms with Crippen LogP contribution < -0.4 is 25.3 Å². The highest BCUT2D eigenvalue weighted by molar-refractivity contribution is 6.34. The number of nitrogens with two attached hydrogens (primary N) is 1. The number of carbonyl (C=O) groups excluding carboxylic acids is 4. The molecule has 0 bridgehead atoms. The van der Waals surface area contributed by atoms with E-state index in [-0.39, 0.29) is 92.0 Å². The molecule has 0 spiro atoms. The molecule has 9 atom stereocenters. The van der Waals surface area contributed by atoms with Gasteiger partial charge in [-0.1, -0.05) is 145 Å². The first kappa shape index (κ1) is 78.5. The van der Waals surface area contributed by atoms with E-state index in [1.54, 1.807) is 35.2 Å². The van der Waals surface area contributed by atoms with Gasteiger partial charge in [0, 0.05) is 12.8 Å². The molecule has 0 aliphatic heterocycles. The van der Waals surface area contributed by atoms with Crippen LogP contribution in [0.2, 0.25) is 13.1 Å². The monoisotopic (exact) mass is 1250 g/mol. The van der Waals surface area contributed by atoms with Gasteiger partial charge >= 0.3 is 23.9 Å².